The lowest BCUT2D eigenvalue weighted by atomic mass is 9.71. The maximum Gasteiger partial charge on any atom is 0.272 e. The summed E-state index contributed by atoms with van der Waals surface area (Å²) in [6, 6.07) is 55.7. The van der Waals surface area contributed by atoms with Crippen LogP contribution in [-0.4, -0.2) is 60.1 Å². The summed E-state index contributed by atoms with van der Waals surface area (Å²) in [6.45, 7) is 59.4. The van der Waals surface area contributed by atoms with Gasteiger partial charge >= 0.3 is 0 Å². The number of halogens is 2. The van der Waals surface area contributed by atoms with Gasteiger partial charge in [-0.05, 0) is 209 Å². The van der Waals surface area contributed by atoms with Crippen molar-refractivity contribution in [1.82, 2.24) is 0 Å². The average Bonchev–Trinajstić information content (AvgIpc) is 0.742. The van der Waals surface area contributed by atoms with Crippen LogP contribution in [0.2, 0.25) is 10.0 Å². The molecular formula is C98H103Cl2N12+. The Kier molecular flexibility index (Phi) is 28.2. The molecule has 7 aromatic rings. The minimum absolute atomic E-state index is 0.0161. The zero-order valence-corrected chi connectivity index (χ0v) is 68.9. The van der Waals surface area contributed by atoms with Gasteiger partial charge in [-0.3, -0.25) is 0 Å². The van der Waals surface area contributed by atoms with Gasteiger partial charge in [-0.25, -0.2) is 29.8 Å². The Labute approximate surface area is 676 Å². The van der Waals surface area contributed by atoms with E-state index in [-0.39, 0.29) is 62.8 Å². The number of hydrogen-bond donors (Lipinski definition) is 0. The number of aryl methyl sites for hydroxylation is 2. The summed E-state index contributed by atoms with van der Waals surface area (Å²) in [7, 11) is 0. The molecule has 0 bridgehead atoms. The molecule has 10 rings (SSSR count). The van der Waals surface area contributed by atoms with Gasteiger partial charge in [0.1, 0.15) is 24.9 Å². The third kappa shape index (κ3) is 19.1. The largest absolute Gasteiger partial charge is 0.372 e. The summed E-state index contributed by atoms with van der Waals surface area (Å²) < 4.78 is 2.54. The van der Waals surface area contributed by atoms with Gasteiger partial charge in [-0.2, -0.15) is 5.26 Å². The molecule has 3 unspecified atom stereocenters. The molecule has 0 fully saturated rings. The van der Waals surface area contributed by atoms with Crippen molar-refractivity contribution in [2.45, 2.75) is 172 Å². The zero-order valence-electron chi connectivity index (χ0n) is 67.4. The first-order valence-corrected chi connectivity index (χ1v) is 40.2. The number of unbranched alkanes of at least 4 members (excludes halogenated alkanes) is 4. The molecule has 7 aromatic carbocycles. The first kappa shape index (κ1) is 83.1. The molecule has 0 spiro atoms. The Morgan fingerprint density at radius 1 is 0.580 bits per heavy atom. The van der Waals surface area contributed by atoms with Gasteiger partial charge in [0, 0.05) is 107 Å². The Balaban J connectivity index is 1.03. The number of benzene rings is 7. The quantitative estimate of drug-likeness (QED) is 0.0120. The Morgan fingerprint density at radius 3 is 1.60 bits per heavy atom. The highest BCUT2D eigenvalue weighted by molar-refractivity contribution is 6.34. The van der Waals surface area contributed by atoms with Crippen molar-refractivity contribution in [3.05, 3.63) is 311 Å². The van der Waals surface area contributed by atoms with Crippen molar-refractivity contribution in [3.8, 4) is 18.2 Å². The van der Waals surface area contributed by atoms with Gasteiger partial charge < -0.3 is 19.5 Å². The lowest BCUT2D eigenvalue weighted by Gasteiger charge is -2.52. The molecule has 3 aliphatic rings. The number of rotatable bonds is 28. The number of nitrogens with zero attached hydrogens (tertiary/aromatic N) is 12. The van der Waals surface area contributed by atoms with Crippen LogP contribution < -0.4 is 14.7 Å². The van der Waals surface area contributed by atoms with Gasteiger partial charge in [0.25, 0.3) is 17.2 Å². The van der Waals surface area contributed by atoms with Crippen LogP contribution in [0.4, 0.5) is 28.4 Å². The lowest BCUT2D eigenvalue weighted by Crippen LogP contribution is -2.53. The van der Waals surface area contributed by atoms with Crippen LogP contribution in [0.5, 0.6) is 0 Å². The Morgan fingerprint density at radius 2 is 1.07 bits per heavy atom. The summed E-state index contributed by atoms with van der Waals surface area (Å²) in [6.07, 6.45) is 25.0. The minimum Gasteiger partial charge on any atom is -0.372 e. The fourth-order valence-electron chi connectivity index (χ4n) is 15.4. The van der Waals surface area contributed by atoms with E-state index in [1.165, 1.54) is 17.0 Å². The van der Waals surface area contributed by atoms with Crippen molar-refractivity contribution < 1.29 is 4.58 Å². The Hall–Kier alpha value is -11.4. The third-order valence-electron chi connectivity index (χ3n) is 22.9. The highest BCUT2D eigenvalue weighted by atomic mass is 35.5. The first-order valence-electron chi connectivity index (χ1n) is 39.5. The second-order valence-electron chi connectivity index (χ2n) is 31.0. The maximum absolute atomic E-state index is 10.7. The lowest BCUT2D eigenvalue weighted by molar-refractivity contribution is -0.527. The number of amidine groups is 1. The fraction of sp³-hybridized carbons (Fsp3) is 0.337. The van der Waals surface area contributed by atoms with Crippen LogP contribution in [0.15, 0.2) is 215 Å². The van der Waals surface area contributed by atoms with E-state index in [4.69, 9.17) is 52.9 Å². The second kappa shape index (κ2) is 38.0. The molecule has 14 heteroatoms. The van der Waals surface area contributed by atoms with Crippen molar-refractivity contribution in [1.29, 1.82) is 15.8 Å². The van der Waals surface area contributed by atoms with Crippen LogP contribution >= 0.6 is 23.2 Å². The topological polar surface area (TPSA) is 122 Å². The maximum atomic E-state index is 10.7. The number of aliphatic imine (C=N–C) groups is 2. The first-order chi connectivity index (χ1) is 54.0. The number of nitriles is 3. The summed E-state index contributed by atoms with van der Waals surface area (Å²) in [5.74, 6) is 0.458. The van der Waals surface area contributed by atoms with E-state index in [1.807, 2.05) is 26.0 Å². The molecule has 2 aliphatic heterocycles. The molecule has 2 heterocycles. The van der Waals surface area contributed by atoms with E-state index >= 15 is 0 Å². The summed E-state index contributed by atoms with van der Waals surface area (Å²) in [5, 5.41) is 31.9. The van der Waals surface area contributed by atoms with Crippen molar-refractivity contribution in [2.24, 2.45) is 21.3 Å². The number of allylic oxidation sites excluding steroid dienone is 12. The average molecular weight is 1520 g/mol. The van der Waals surface area contributed by atoms with Gasteiger partial charge in [-0.1, -0.05) is 221 Å². The van der Waals surface area contributed by atoms with Crippen LogP contribution in [0.25, 0.3) is 36.8 Å². The number of hydrogen-bond acceptors (Lipinski definition) is 8. The molecular weight excluding hydrogens is 1420 g/mol. The van der Waals surface area contributed by atoms with Gasteiger partial charge in [0.2, 0.25) is 0 Å². The predicted octanol–water partition coefficient (Wildman–Crippen LogP) is 25.6. The predicted molar refractivity (Wildman–Crippen MR) is 469 cm³/mol. The van der Waals surface area contributed by atoms with Crippen LogP contribution in [-0.2, 0) is 13.1 Å². The monoisotopic (exact) mass is 1520 g/mol. The van der Waals surface area contributed by atoms with E-state index < -0.39 is 0 Å². The zero-order chi connectivity index (χ0) is 80.4. The Bertz CT molecular complexity index is 5160. The molecule has 0 saturated carbocycles. The molecule has 0 N–H and O–H groups in total. The SMILES string of the molecule is [C-]#[N+]C(=Nc1cc2c(cc1C)N(Cc1ccc(/C(=C/C=C/C(=C3C=CC(=[N+](CCCC)CCCC)C=C3)c3ccc(CN4c5cc(C)c(N=C(C#N)/C(=C(/C#N)[N+]#[C-])c6ccc(Cl)cc6)cc5C(C)C(C)C4(C)C)cc3)c3ccc(N(CCCC)CCCC)cc3)cc1)CC(C)(C)C2C)/C(=C(\C#N)[N+]#[C-])c1ccc(Cl)cc1. The standard InChI is InChI=1S/C98H103Cl2N12/c1-17-21-52-109(53-22-18-2)81-48-40-75(41-49-81)83(73-32-28-71(29-33-73)63-111-65-97(10,11)70(9)86-59-88(66(5)56-92(86)111)108-96(106-16)95(90(61-102)105-15)78-38-46-80(100)47-39-78)26-25-27-84(76-42-50-82(51-43-76)110(54-23-19-3)55-24-20-4)74-34-30-72(31-35-74)64-112-93-57-67(6)87(58-85(93)68(7)69(8)98(112,12)13)107-91(62-103)94(89(60-101)104-14)77-36-44-79(99)45-37-77/h25-51,56-59,68-70H,17-24,52-55,63-65H2,1-13H3/q+1/b94-89-,95-90+,107-91?,108-96?. The van der Waals surface area contributed by atoms with E-state index in [0.717, 1.165) is 157 Å². The van der Waals surface area contributed by atoms with Crippen molar-refractivity contribution >= 4 is 91.2 Å². The van der Waals surface area contributed by atoms with Crippen molar-refractivity contribution in [2.75, 3.05) is 47.4 Å². The smallest absolute Gasteiger partial charge is 0.272 e. The minimum atomic E-state index is -0.264. The van der Waals surface area contributed by atoms with Crippen LogP contribution in [0.1, 0.15) is 201 Å². The number of anilines is 3. The molecule has 568 valence electrons. The highest BCUT2D eigenvalue weighted by Gasteiger charge is 2.43. The molecule has 3 atom stereocenters. The molecule has 112 heavy (non-hydrogen) atoms. The normalized spacial score (nSPS) is 16.9. The molecule has 0 amide bonds. The van der Waals surface area contributed by atoms with Crippen LogP contribution in [0, 0.1) is 78.9 Å². The van der Waals surface area contributed by atoms with Crippen molar-refractivity contribution in [3.63, 3.8) is 0 Å². The number of fused-ring (bicyclic) bond motifs is 2. The van der Waals surface area contributed by atoms with E-state index in [9.17, 15) is 15.8 Å². The molecule has 12 nitrogen and oxygen atoms in total. The van der Waals surface area contributed by atoms with E-state index in [2.05, 4.69) is 256 Å². The highest BCUT2D eigenvalue weighted by Crippen LogP contribution is 2.51. The second-order valence-corrected chi connectivity index (χ2v) is 31.9. The molecule has 0 radical (unpaired) electrons. The molecule has 1 aliphatic carbocycles. The summed E-state index contributed by atoms with van der Waals surface area (Å²) in [5.41, 5.74) is 19.4. The molecule has 0 saturated heterocycles. The van der Waals surface area contributed by atoms with Gasteiger partial charge in [-0.15, -0.1) is 4.99 Å². The van der Waals surface area contributed by atoms with E-state index in [1.54, 1.807) is 48.5 Å². The fourth-order valence-corrected chi connectivity index (χ4v) is 15.7. The molecule has 0 aromatic heterocycles. The summed E-state index contributed by atoms with van der Waals surface area (Å²) >= 11 is 12.5. The third-order valence-corrected chi connectivity index (χ3v) is 23.4. The van der Waals surface area contributed by atoms with Gasteiger partial charge in [0.05, 0.1) is 31.0 Å². The van der Waals surface area contributed by atoms with Crippen LogP contribution in [0.3, 0.4) is 0 Å². The van der Waals surface area contributed by atoms with Gasteiger partial charge in [0.15, 0.2) is 11.4 Å². The summed E-state index contributed by atoms with van der Waals surface area (Å²) in [4.78, 5) is 28.3. The van der Waals surface area contributed by atoms with E-state index in [0.29, 0.717) is 45.6 Å².